The molecule has 1 aromatic carbocycles. The number of benzene rings is 1. The maximum Gasteiger partial charge on any atom is 0.134 e. The number of hydrogen-bond acceptors (Lipinski definition) is 3. The van der Waals surface area contributed by atoms with E-state index >= 15 is 0 Å². The standard InChI is InChI=1S/C16H18N2O/c1-4-7-12(5-2)18-16-14-8-6-9-15(19-3)13(14)10-11-17-16/h1,6,8-12H,5,7H2,2-3H3,(H,17,18). The fraction of sp³-hybridized carbons (Fsp3) is 0.312. The Hall–Kier alpha value is -2.21. The van der Waals surface area contributed by atoms with Crippen LogP contribution in [0.2, 0.25) is 0 Å². The van der Waals surface area contributed by atoms with Gasteiger partial charge < -0.3 is 10.1 Å². The first-order chi connectivity index (χ1) is 9.30. The monoisotopic (exact) mass is 254 g/mol. The van der Waals surface area contributed by atoms with E-state index in [0.717, 1.165) is 28.8 Å². The summed E-state index contributed by atoms with van der Waals surface area (Å²) in [7, 11) is 1.68. The first-order valence-electron chi connectivity index (χ1n) is 6.41. The number of nitrogens with one attached hydrogen (secondary N) is 1. The lowest BCUT2D eigenvalue weighted by atomic mass is 10.1. The van der Waals surface area contributed by atoms with Gasteiger partial charge in [0.15, 0.2) is 0 Å². The molecule has 1 unspecified atom stereocenters. The van der Waals surface area contributed by atoms with Gasteiger partial charge in [-0.05, 0) is 18.6 Å². The minimum atomic E-state index is 0.245. The van der Waals surface area contributed by atoms with Crippen molar-refractivity contribution in [2.45, 2.75) is 25.8 Å². The molecule has 19 heavy (non-hydrogen) atoms. The summed E-state index contributed by atoms with van der Waals surface area (Å²) in [4.78, 5) is 4.42. The van der Waals surface area contributed by atoms with Crippen LogP contribution in [0.15, 0.2) is 30.5 Å². The molecule has 1 aromatic heterocycles. The van der Waals surface area contributed by atoms with Crippen LogP contribution in [0, 0.1) is 12.3 Å². The quantitative estimate of drug-likeness (QED) is 0.830. The zero-order chi connectivity index (χ0) is 13.7. The number of aromatic nitrogens is 1. The van der Waals surface area contributed by atoms with E-state index < -0.39 is 0 Å². The lowest BCUT2D eigenvalue weighted by Gasteiger charge is -2.17. The van der Waals surface area contributed by atoms with Gasteiger partial charge in [0.1, 0.15) is 11.6 Å². The Morgan fingerprint density at radius 1 is 1.37 bits per heavy atom. The Morgan fingerprint density at radius 2 is 2.21 bits per heavy atom. The van der Waals surface area contributed by atoms with Crippen molar-refractivity contribution in [2.24, 2.45) is 0 Å². The predicted octanol–water partition coefficient (Wildman–Crippen LogP) is 3.46. The van der Waals surface area contributed by atoms with E-state index in [1.54, 1.807) is 13.3 Å². The fourth-order valence-corrected chi connectivity index (χ4v) is 2.10. The number of fused-ring (bicyclic) bond motifs is 1. The van der Waals surface area contributed by atoms with Crippen LogP contribution in [0.3, 0.4) is 0 Å². The van der Waals surface area contributed by atoms with Gasteiger partial charge in [0.2, 0.25) is 0 Å². The second kappa shape index (κ2) is 6.10. The van der Waals surface area contributed by atoms with E-state index in [9.17, 15) is 0 Å². The number of ether oxygens (including phenoxy) is 1. The van der Waals surface area contributed by atoms with Crippen LogP contribution in [-0.2, 0) is 0 Å². The van der Waals surface area contributed by atoms with Crippen molar-refractivity contribution in [2.75, 3.05) is 12.4 Å². The zero-order valence-corrected chi connectivity index (χ0v) is 11.3. The molecule has 0 saturated carbocycles. The molecule has 0 radical (unpaired) electrons. The van der Waals surface area contributed by atoms with Crippen LogP contribution < -0.4 is 10.1 Å². The summed E-state index contributed by atoms with van der Waals surface area (Å²) in [5, 5.41) is 5.52. The minimum absolute atomic E-state index is 0.245. The maximum absolute atomic E-state index is 5.39. The maximum atomic E-state index is 5.39. The molecule has 0 aliphatic heterocycles. The first-order valence-corrected chi connectivity index (χ1v) is 6.41. The van der Waals surface area contributed by atoms with Crippen molar-refractivity contribution in [3.63, 3.8) is 0 Å². The molecular weight excluding hydrogens is 236 g/mol. The molecule has 2 rings (SSSR count). The van der Waals surface area contributed by atoms with Gasteiger partial charge in [-0.1, -0.05) is 19.1 Å². The average Bonchev–Trinajstić information content (AvgIpc) is 2.46. The van der Waals surface area contributed by atoms with Crippen LogP contribution in [0.5, 0.6) is 5.75 Å². The number of nitrogens with zero attached hydrogens (tertiary/aromatic N) is 1. The van der Waals surface area contributed by atoms with Crippen LogP contribution in [0.25, 0.3) is 10.8 Å². The van der Waals surface area contributed by atoms with Gasteiger partial charge in [0.25, 0.3) is 0 Å². The number of methoxy groups -OCH3 is 1. The van der Waals surface area contributed by atoms with Gasteiger partial charge in [-0.15, -0.1) is 12.3 Å². The zero-order valence-electron chi connectivity index (χ0n) is 11.3. The SMILES string of the molecule is C#CCC(CC)Nc1nccc2c(OC)cccc12. The Bertz CT molecular complexity index is 601. The van der Waals surface area contributed by atoms with E-state index in [4.69, 9.17) is 11.2 Å². The van der Waals surface area contributed by atoms with E-state index in [-0.39, 0.29) is 6.04 Å². The molecule has 98 valence electrons. The highest BCUT2D eigenvalue weighted by Gasteiger charge is 2.10. The third-order valence-corrected chi connectivity index (χ3v) is 3.18. The highest BCUT2D eigenvalue weighted by molar-refractivity contribution is 5.95. The molecule has 0 spiro atoms. The number of terminal acetylenes is 1. The van der Waals surface area contributed by atoms with Crippen molar-refractivity contribution in [1.82, 2.24) is 4.98 Å². The summed E-state index contributed by atoms with van der Waals surface area (Å²) in [6, 6.07) is 8.16. The van der Waals surface area contributed by atoms with Gasteiger partial charge in [-0.3, -0.25) is 0 Å². The third kappa shape index (κ3) is 2.79. The Morgan fingerprint density at radius 3 is 2.89 bits per heavy atom. The van der Waals surface area contributed by atoms with Gasteiger partial charge >= 0.3 is 0 Å². The molecule has 0 aliphatic rings. The summed E-state index contributed by atoms with van der Waals surface area (Å²) >= 11 is 0. The van der Waals surface area contributed by atoms with Crippen molar-refractivity contribution in [3.05, 3.63) is 30.5 Å². The van der Waals surface area contributed by atoms with E-state index in [0.29, 0.717) is 6.42 Å². The summed E-state index contributed by atoms with van der Waals surface area (Å²) in [6.07, 6.45) is 8.83. The molecule has 0 saturated heterocycles. The summed E-state index contributed by atoms with van der Waals surface area (Å²) < 4.78 is 5.37. The highest BCUT2D eigenvalue weighted by atomic mass is 16.5. The lowest BCUT2D eigenvalue weighted by molar-refractivity contribution is 0.420. The number of rotatable bonds is 5. The molecule has 1 atom stereocenters. The molecule has 2 aromatic rings. The van der Waals surface area contributed by atoms with Crippen molar-refractivity contribution in [1.29, 1.82) is 0 Å². The Balaban J connectivity index is 2.41. The molecule has 1 N–H and O–H groups in total. The van der Waals surface area contributed by atoms with E-state index in [1.807, 2.05) is 24.3 Å². The largest absolute Gasteiger partial charge is 0.496 e. The summed E-state index contributed by atoms with van der Waals surface area (Å²) in [5.41, 5.74) is 0. The van der Waals surface area contributed by atoms with E-state index in [1.165, 1.54) is 0 Å². The van der Waals surface area contributed by atoms with Crippen LogP contribution in [0.1, 0.15) is 19.8 Å². The first kappa shape index (κ1) is 13.2. The number of pyridine rings is 1. The van der Waals surface area contributed by atoms with Crippen LogP contribution in [0.4, 0.5) is 5.82 Å². The topological polar surface area (TPSA) is 34.2 Å². The molecule has 0 amide bonds. The number of anilines is 1. The molecule has 3 nitrogen and oxygen atoms in total. The van der Waals surface area contributed by atoms with Crippen molar-refractivity contribution >= 4 is 16.6 Å². The normalized spacial score (nSPS) is 11.8. The predicted molar refractivity (Wildman–Crippen MR) is 79.4 cm³/mol. The summed E-state index contributed by atoms with van der Waals surface area (Å²) in [6.45, 7) is 2.11. The second-order valence-corrected chi connectivity index (χ2v) is 4.37. The molecule has 0 bridgehead atoms. The minimum Gasteiger partial charge on any atom is -0.496 e. The Kier molecular flexibility index (Phi) is 4.25. The molecule has 0 aliphatic carbocycles. The smallest absolute Gasteiger partial charge is 0.134 e. The summed E-state index contributed by atoms with van der Waals surface area (Å²) in [5.74, 6) is 4.41. The molecular formula is C16H18N2O. The average molecular weight is 254 g/mol. The lowest BCUT2D eigenvalue weighted by Crippen LogP contribution is -2.18. The third-order valence-electron chi connectivity index (χ3n) is 3.18. The van der Waals surface area contributed by atoms with Crippen molar-refractivity contribution < 1.29 is 4.74 Å². The molecule has 1 heterocycles. The second-order valence-electron chi connectivity index (χ2n) is 4.37. The molecule has 3 heteroatoms. The van der Waals surface area contributed by atoms with E-state index in [2.05, 4.69) is 23.1 Å². The highest BCUT2D eigenvalue weighted by Crippen LogP contribution is 2.29. The molecule has 0 fully saturated rings. The van der Waals surface area contributed by atoms with Crippen LogP contribution >= 0.6 is 0 Å². The Labute approximate surface area is 114 Å². The van der Waals surface area contributed by atoms with Crippen LogP contribution in [-0.4, -0.2) is 18.1 Å². The fourth-order valence-electron chi connectivity index (χ4n) is 2.10. The van der Waals surface area contributed by atoms with Gasteiger partial charge in [0, 0.05) is 29.4 Å². The van der Waals surface area contributed by atoms with Crippen molar-refractivity contribution in [3.8, 4) is 18.1 Å². The van der Waals surface area contributed by atoms with Gasteiger partial charge in [-0.2, -0.15) is 0 Å². The number of hydrogen-bond donors (Lipinski definition) is 1. The van der Waals surface area contributed by atoms with Gasteiger partial charge in [-0.25, -0.2) is 4.98 Å². The van der Waals surface area contributed by atoms with Gasteiger partial charge in [0.05, 0.1) is 7.11 Å².